The van der Waals surface area contributed by atoms with Crippen molar-refractivity contribution in [3.63, 3.8) is 0 Å². The fraction of sp³-hybridized carbons (Fsp3) is 0.467. The van der Waals surface area contributed by atoms with E-state index in [9.17, 15) is 9.59 Å². The summed E-state index contributed by atoms with van der Waals surface area (Å²) in [5.74, 6) is 0.0211. The monoisotopic (exact) mass is 292 g/mol. The van der Waals surface area contributed by atoms with Gasteiger partial charge in [-0.1, -0.05) is 0 Å². The maximum atomic E-state index is 11.6. The van der Waals surface area contributed by atoms with Gasteiger partial charge < -0.3 is 20.1 Å². The highest BCUT2D eigenvalue weighted by atomic mass is 16.5. The molecule has 0 spiro atoms. The Balaban J connectivity index is 1.73. The Bertz CT molecular complexity index is 483. The molecule has 0 radical (unpaired) electrons. The van der Waals surface area contributed by atoms with Crippen molar-refractivity contribution in [2.75, 3.05) is 37.6 Å². The minimum atomic E-state index is -0.221. The highest BCUT2D eigenvalue weighted by molar-refractivity contribution is 5.95. The van der Waals surface area contributed by atoms with Crippen LogP contribution >= 0.6 is 0 Å². The van der Waals surface area contributed by atoms with Gasteiger partial charge in [0, 0.05) is 24.4 Å². The Hall–Kier alpha value is -1.92. The molecule has 2 rings (SSSR count). The van der Waals surface area contributed by atoms with E-state index in [1.165, 1.54) is 0 Å². The van der Waals surface area contributed by atoms with Gasteiger partial charge in [0.1, 0.15) is 6.61 Å². The third-order valence-electron chi connectivity index (χ3n) is 3.05. The lowest BCUT2D eigenvalue weighted by molar-refractivity contribution is -0.121. The first-order chi connectivity index (χ1) is 10.2. The molecule has 0 bridgehead atoms. The molecule has 1 saturated carbocycles. The van der Waals surface area contributed by atoms with Gasteiger partial charge >= 0.3 is 0 Å². The van der Waals surface area contributed by atoms with E-state index < -0.39 is 0 Å². The number of ether oxygens (including phenoxy) is 2. The maximum Gasteiger partial charge on any atom is 0.250 e. The average molecular weight is 292 g/mol. The minimum Gasteiger partial charge on any atom is -0.382 e. The summed E-state index contributed by atoms with van der Waals surface area (Å²) >= 11 is 0. The molecule has 2 amide bonds. The number of anilines is 2. The zero-order valence-electron chi connectivity index (χ0n) is 12.1. The molecule has 0 atom stereocenters. The average Bonchev–Trinajstić information content (AvgIpc) is 3.30. The van der Waals surface area contributed by atoms with E-state index in [2.05, 4.69) is 10.6 Å². The van der Waals surface area contributed by atoms with E-state index in [0.29, 0.717) is 18.9 Å². The van der Waals surface area contributed by atoms with E-state index in [1.54, 1.807) is 31.4 Å². The van der Waals surface area contributed by atoms with Gasteiger partial charge in [0.2, 0.25) is 11.8 Å². The minimum absolute atomic E-state index is 0.0104. The first kappa shape index (κ1) is 15.5. The predicted molar refractivity (Wildman–Crippen MR) is 79.1 cm³/mol. The van der Waals surface area contributed by atoms with Gasteiger partial charge in [-0.3, -0.25) is 9.59 Å². The maximum absolute atomic E-state index is 11.6. The Kier molecular flexibility index (Phi) is 5.71. The fourth-order valence-electron chi connectivity index (χ4n) is 1.73. The van der Waals surface area contributed by atoms with Crippen molar-refractivity contribution in [2.24, 2.45) is 5.92 Å². The van der Waals surface area contributed by atoms with Gasteiger partial charge in [-0.25, -0.2) is 0 Å². The molecule has 2 N–H and O–H groups in total. The van der Waals surface area contributed by atoms with Crippen molar-refractivity contribution >= 4 is 23.2 Å². The summed E-state index contributed by atoms with van der Waals surface area (Å²) in [6.07, 6.45) is 1.95. The molecule has 114 valence electrons. The SMILES string of the molecule is COCCOCC(=O)Nc1ccc(NC(=O)C2CC2)cc1. The van der Waals surface area contributed by atoms with Crippen molar-refractivity contribution in [3.05, 3.63) is 24.3 Å². The molecular weight excluding hydrogens is 272 g/mol. The molecule has 1 aliphatic rings. The molecule has 0 unspecified atom stereocenters. The van der Waals surface area contributed by atoms with Crippen molar-refractivity contribution in [1.29, 1.82) is 0 Å². The molecule has 1 aromatic carbocycles. The van der Waals surface area contributed by atoms with E-state index >= 15 is 0 Å². The Labute approximate surface area is 123 Å². The molecule has 0 aliphatic heterocycles. The number of methoxy groups -OCH3 is 1. The van der Waals surface area contributed by atoms with Crippen LogP contribution in [-0.4, -0.2) is 38.7 Å². The van der Waals surface area contributed by atoms with Crippen molar-refractivity contribution in [3.8, 4) is 0 Å². The summed E-state index contributed by atoms with van der Waals surface area (Å²) in [5, 5.41) is 5.56. The summed E-state index contributed by atoms with van der Waals surface area (Å²) in [7, 11) is 1.58. The van der Waals surface area contributed by atoms with E-state index in [-0.39, 0.29) is 24.3 Å². The molecule has 6 nitrogen and oxygen atoms in total. The first-order valence-electron chi connectivity index (χ1n) is 6.96. The highest BCUT2D eigenvalue weighted by Gasteiger charge is 2.29. The van der Waals surface area contributed by atoms with Crippen LogP contribution in [0.25, 0.3) is 0 Å². The summed E-state index contributed by atoms with van der Waals surface area (Å²) in [6.45, 7) is 0.836. The normalized spacial score (nSPS) is 13.8. The van der Waals surface area contributed by atoms with Crippen LogP contribution < -0.4 is 10.6 Å². The van der Waals surface area contributed by atoms with Crippen LogP contribution in [0.5, 0.6) is 0 Å². The molecule has 1 fully saturated rings. The molecule has 1 aromatic rings. The van der Waals surface area contributed by atoms with Crippen molar-refractivity contribution in [1.82, 2.24) is 0 Å². The smallest absolute Gasteiger partial charge is 0.250 e. The molecule has 0 saturated heterocycles. The summed E-state index contributed by atoms with van der Waals surface area (Å²) in [4.78, 5) is 23.2. The van der Waals surface area contributed by atoms with Gasteiger partial charge in [0.05, 0.1) is 13.2 Å². The molecule has 6 heteroatoms. The lowest BCUT2D eigenvalue weighted by Crippen LogP contribution is -2.19. The summed E-state index contributed by atoms with van der Waals surface area (Å²) < 4.78 is 9.94. The van der Waals surface area contributed by atoms with E-state index in [4.69, 9.17) is 9.47 Å². The van der Waals surface area contributed by atoms with Gasteiger partial charge in [-0.05, 0) is 37.1 Å². The number of benzene rings is 1. The van der Waals surface area contributed by atoms with Crippen molar-refractivity contribution < 1.29 is 19.1 Å². The topological polar surface area (TPSA) is 76.7 Å². The summed E-state index contributed by atoms with van der Waals surface area (Å²) in [6, 6.07) is 7.02. The second-order valence-electron chi connectivity index (χ2n) is 4.93. The van der Waals surface area contributed by atoms with Crippen LogP contribution in [-0.2, 0) is 19.1 Å². The van der Waals surface area contributed by atoms with Crippen LogP contribution in [0.4, 0.5) is 11.4 Å². The Morgan fingerprint density at radius 3 is 2.29 bits per heavy atom. The van der Waals surface area contributed by atoms with Gasteiger partial charge in [-0.15, -0.1) is 0 Å². The molecule has 0 aromatic heterocycles. The predicted octanol–water partition coefficient (Wildman–Crippen LogP) is 1.64. The third kappa shape index (κ3) is 5.53. The van der Waals surface area contributed by atoms with Crippen molar-refractivity contribution in [2.45, 2.75) is 12.8 Å². The van der Waals surface area contributed by atoms with Gasteiger partial charge in [0.15, 0.2) is 0 Å². The Morgan fingerprint density at radius 2 is 1.71 bits per heavy atom. The van der Waals surface area contributed by atoms with Crippen LogP contribution in [0.15, 0.2) is 24.3 Å². The highest BCUT2D eigenvalue weighted by Crippen LogP contribution is 2.30. The number of carbonyl (C=O) groups is 2. The zero-order chi connectivity index (χ0) is 15.1. The second-order valence-corrected chi connectivity index (χ2v) is 4.93. The number of hydrogen-bond acceptors (Lipinski definition) is 4. The lowest BCUT2D eigenvalue weighted by atomic mass is 10.2. The lowest BCUT2D eigenvalue weighted by Gasteiger charge is -2.08. The van der Waals surface area contributed by atoms with Crippen LogP contribution in [0, 0.1) is 5.92 Å². The number of nitrogens with one attached hydrogen (secondary N) is 2. The van der Waals surface area contributed by atoms with Crippen LogP contribution in [0.3, 0.4) is 0 Å². The van der Waals surface area contributed by atoms with Crippen LogP contribution in [0.2, 0.25) is 0 Å². The molecule has 21 heavy (non-hydrogen) atoms. The fourth-order valence-corrected chi connectivity index (χ4v) is 1.73. The van der Waals surface area contributed by atoms with E-state index in [0.717, 1.165) is 18.5 Å². The zero-order valence-corrected chi connectivity index (χ0v) is 12.1. The number of rotatable bonds is 8. The summed E-state index contributed by atoms with van der Waals surface area (Å²) in [5.41, 5.74) is 1.40. The number of amides is 2. The first-order valence-corrected chi connectivity index (χ1v) is 6.96. The third-order valence-corrected chi connectivity index (χ3v) is 3.05. The number of carbonyl (C=O) groups excluding carboxylic acids is 2. The van der Waals surface area contributed by atoms with E-state index in [1.807, 2.05) is 0 Å². The number of hydrogen-bond donors (Lipinski definition) is 2. The molecular formula is C15H20N2O4. The standard InChI is InChI=1S/C15H20N2O4/c1-20-8-9-21-10-14(18)16-12-4-6-13(7-5-12)17-15(19)11-2-3-11/h4-7,11H,2-3,8-10H2,1H3,(H,16,18)(H,17,19). The molecule has 0 heterocycles. The Morgan fingerprint density at radius 1 is 1.10 bits per heavy atom. The second kappa shape index (κ2) is 7.75. The largest absolute Gasteiger partial charge is 0.382 e. The van der Waals surface area contributed by atoms with Gasteiger partial charge in [-0.2, -0.15) is 0 Å². The van der Waals surface area contributed by atoms with Gasteiger partial charge in [0.25, 0.3) is 0 Å². The quantitative estimate of drug-likeness (QED) is 0.714. The van der Waals surface area contributed by atoms with Crippen LogP contribution in [0.1, 0.15) is 12.8 Å². The molecule has 1 aliphatic carbocycles.